The second-order valence-corrected chi connectivity index (χ2v) is 5.80. The predicted molar refractivity (Wildman–Crippen MR) is 83.4 cm³/mol. The van der Waals surface area contributed by atoms with Gasteiger partial charge in [0.15, 0.2) is 6.10 Å². The number of benzene rings is 1. The van der Waals surface area contributed by atoms with Crippen molar-refractivity contribution in [1.82, 2.24) is 0 Å². The lowest BCUT2D eigenvalue weighted by molar-refractivity contribution is -0.143. The lowest BCUT2D eigenvalue weighted by Gasteiger charge is -2.10. The maximum Gasteiger partial charge on any atom is 0.303 e. The highest BCUT2D eigenvalue weighted by Gasteiger charge is 2.13. The number of carbonyl (C=O) groups excluding carboxylic acids is 1. The molecule has 3 nitrogen and oxygen atoms in total. The number of hydrogen-bond donors (Lipinski definition) is 0. The van der Waals surface area contributed by atoms with Gasteiger partial charge in [0.2, 0.25) is 0 Å². The van der Waals surface area contributed by atoms with Gasteiger partial charge in [-0.3, -0.25) is 9.79 Å². The summed E-state index contributed by atoms with van der Waals surface area (Å²) in [7, 11) is 0. The van der Waals surface area contributed by atoms with Crippen LogP contribution in [0.4, 0.5) is 5.69 Å². The number of thiophene rings is 1. The molecule has 6 heteroatoms. The van der Waals surface area contributed by atoms with Crippen LogP contribution in [0.15, 0.2) is 40.7 Å². The van der Waals surface area contributed by atoms with Crippen LogP contribution in [-0.4, -0.2) is 12.2 Å². The summed E-state index contributed by atoms with van der Waals surface area (Å²) in [6, 6.07) is 8.77. The summed E-state index contributed by atoms with van der Waals surface area (Å²) >= 11 is 13.3. The van der Waals surface area contributed by atoms with Crippen LogP contribution < -0.4 is 0 Å². The quantitative estimate of drug-likeness (QED) is 0.581. The van der Waals surface area contributed by atoms with E-state index in [9.17, 15) is 4.79 Å². The summed E-state index contributed by atoms with van der Waals surface area (Å²) in [6.45, 7) is 1.37. The summed E-state index contributed by atoms with van der Waals surface area (Å²) in [5.41, 5.74) is 0.608. The molecular formula is C14H11Cl2NO2S. The molecule has 2 rings (SSSR count). The minimum Gasteiger partial charge on any atom is -0.451 e. The standard InChI is InChI=1S/C14H11Cl2NO2S/c1-9(18)19-13(14-3-2-4-20-14)8-17-12-6-10(15)5-11(16)7-12/h2-8,13H,1H3. The number of carbonyl (C=O) groups is 1. The van der Waals surface area contributed by atoms with E-state index in [1.807, 2.05) is 17.5 Å². The van der Waals surface area contributed by atoms with Crippen molar-refractivity contribution in [3.63, 3.8) is 0 Å². The molecule has 1 heterocycles. The molecular weight excluding hydrogens is 317 g/mol. The fourth-order valence-corrected chi connectivity index (χ4v) is 2.79. The van der Waals surface area contributed by atoms with E-state index in [0.29, 0.717) is 15.7 Å². The van der Waals surface area contributed by atoms with E-state index in [4.69, 9.17) is 27.9 Å². The molecule has 0 aliphatic heterocycles. The van der Waals surface area contributed by atoms with Crippen molar-refractivity contribution in [2.24, 2.45) is 4.99 Å². The predicted octanol–water partition coefficient (Wildman–Crippen LogP) is 5.06. The molecule has 0 aliphatic rings. The largest absolute Gasteiger partial charge is 0.451 e. The van der Waals surface area contributed by atoms with E-state index >= 15 is 0 Å². The Labute approximate surface area is 130 Å². The number of rotatable bonds is 4. The maximum absolute atomic E-state index is 11.1. The van der Waals surface area contributed by atoms with Crippen molar-refractivity contribution in [3.8, 4) is 0 Å². The topological polar surface area (TPSA) is 38.7 Å². The lowest BCUT2D eigenvalue weighted by atomic mass is 10.3. The Hall–Kier alpha value is -1.36. The maximum atomic E-state index is 11.1. The van der Waals surface area contributed by atoms with Crippen LogP contribution in [0.5, 0.6) is 0 Å². The first-order chi connectivity index (χ1) is 9.54. The van der Waals surface area contributed by atoms with Crippen molar-refractivity contribution in [1.29, 1.82) is 0 Å². The van der Waals surface area contributed by atoms with Crippen LogP contribution in [0.1, 0.15) is 17.9 Å². The van der Waals surface area contributed by atoms with Crippen molar-refractivity contribution < 1.29 is 9.53 Å². The van der Waals surface area contributed by atoms with Gasteiger partial charge < -0.3 is 4.74 Å². The molecule has 0 aliphatic carbocycles. The highest BCUT2D eigenvalue weighted by atomic mass is 35.5. The Morgan fingerprint density at radius 1 is 1.35 bits per heavy atom. The minimum absolute atomic E-state index is 0.362. The van der Waals surface area contributed by atoms with Gasteiger partial charge in [0.25, 0.3) is 0 Å². The molecule has 0 radical (unpaired) electrons. The molecule has 20 heavy (non-hydrogen) atoms. The zero-order valence-corrected chi connectivity index (χ0v) is 12.9. The zero-order chi connectivity index (χ0) is 14.5. The average molecular weight is 328 g/mol. The normalized spacial score (nSPS) is 12.6. The van der Waals surface area contributed by atoms with E-state index in [-0.39, 0.29) is 5.97 Å². The third-order valence-electron chi connectivity index (χ3n) is 2.32. The van der Waals surface area contributed by atoms with Crippen LogP contribution in [0, 0.1) is 0 Å². The summed E-state index contributed by atoms with van der Waals surface area (Å²) in [6.07, 6.45) is 1.06. The number of ether oxygens (including phenoxy) is 1. The van der Waals surface area contributed by atoms with Gasteiger partial charge in [-0.15, -0.1) is 11.3 Å². The van der Waals surface area contributed by atoms with E-state index in [1.165, 1.54) is 18.3 Å². The molecule has 1 aromatic carbocycles. The molecule has 0 fully saturated rings. The summed E-state index contributed by atoms with van der Waals surface area (Å²) in [4.78, 5) is 16.3. The zero-order valence-electron chi connectivity index (χ0n) is 10.5. The number of hydrogen-bond acceptors (Lipinski definition) is 4. The van der Waals surface area contributed by atoms with Gasteiger partial charge in [0.05, 0.1) is 16.8 Å². The van der Waals surface area contributed by atoms with Gasteiger partial charge >= 0.3 is 5.97 Å². The van der Waals surface area contributed by atoms with Crippen LogP contribution in [0.25, 0.3) is 0 Å². The molecule has 1 aromatic heterocycles. The fraction of sp³-hybridized carbons (Fsp3) is 0.143. The number of nitrogens with zero attached hydrogens (tertiary/aromatic N) is 1. The van der Waals surface area contributed by atoms with E-state index in [2.05, 4.69) is 4.99 Å². The third-order valence-corrected chi connectivity index (χ3v) is 3.69. The molecule has 0 amide bonds. The lowest BCUT2D eigenvalue weighted by Crippen LogP contribution is -2.08. The first-order valence-electron chi connectivity index (χ1n) is 5.75. The average Bonchev–Trinajstić information content (AvgIpc) is 2.86. The van der Waals surface area contributed by atoms with E-state index in [1.54, 1.807) is 24.4 Å². The van der Waals surface area contributed by atoms with Gasteiger partial charge in [0.1, 0.15) is 0 Å². The molecule has 0 spiro atoms. The van der Waals surface area contributed by atoms with Crippen LogP contribution in [-0.2, 0) is 9.53 Å². The molecule has 1 atom stereocenters. The first-order valence-corrected chi connectivity index (χ1v) is 7.39. The fourth-order valence-electron chi connectivity index (χ4n) is 1.56. The second kappa shape index (κ2) is 6.88. The molecule has 0 saturated heterocycles. The smallest absolute Gasteiger partial charge is 0.303 e. The number of esters is 1. The van der Waals surface area contributed by atoms with E-state index in [0.717, 1.165) is 4.88 Å². The Balaban J connectivity index is 2.22. The van der Waals surface area contributed by atoms with Crippen LogP contribution in [0.3, 0.4) is 0 Å². The van der Waals surface area contributed by atoms with Gasteiger partial charge in [-0.25, -0.2) is 0 Å². The van der Waals surface area contributed by atoms with Crippen molar-refractivity contribution in [2.45, 2.75) is 13.0 Å². The molecule has 0 saturated carbocycles. The number of halogens is 2. The van der Waals surface area contributed by atoms with Crippen molar-refractivity contribution in [2.75, 3.05) is 0 Å². The van der Waals surface area contributed by atoms with Crippen LogP contribution in [0.2, 0.25) is 10.0 Å². The van der Waals surface area contributed by atoms with Gasteiger partial charge in [-0.2, -0.15) is 0 Å². The Kier molecular flexibility index (Phi) is 5.17. The molecule has 0 bridgehead atoms. The molecule has 0 N–H and O–H groups in total. The van der Waals surface area contributed by atoms with Gasteiger partial charge in [0, 0.05) is 17.0 Å². The van der Waals surface area contributed by atoms with Crippen molar-refractivity contribution in [3.05, 3.63) is 50.6 Å². The Morgan fingerprint density at radius 2 is 2.05 bits per heavy atom. The molecule has 1 unspecified atom stereocenters. The SMILES string of the molecule is CC(=O)OC(C=Nc1cc(Cl)cc(Cl)c1)c1cccs1. The minimum atomic E-state index is -0.509. The Bertz CT molecular complexity index is 606. The van der Waals surface area contributed by atoms with Gasteiger partial charge in [-0.1, -0.05) is 29.3 Å². The summed E-state index contributed by atoms with van der Waals surface area (Å²) < 4.78 is 5.23. The Morgan fingerprint density at radius 3 is 2.60 bits per heavy atom. The third kappa shape index (κ3) is 4.34. The molecule has 2 aromatic rings. The van der Waals surface area contributed by atoms with E-state index < -0.39 is 6.10 Å². The number of aliphatic imine (C=N–C) groups is 1. The van der Waals surface area contributed by atoms with Gasteiger partial charge in [-0.05, 0) is 29.6 Å². The van der Waals surface area contributed by atoms with Crippen molar-refractivity contribution >= 4 is 52.4 Å². The first kappa shape index (κ1) is 15.0. The summed E-state index contributed by atoms with van der Waals surface area (Å²) in [5, 5.41) is 2.92. The highest BCUT2D eigenvalue weighted by molar-refractivity contribution is 7.10. The monoisotopic (exact) mass is 327 g/mol. The van der Waals surface area contributed by atoms with Crippen LogP contribution >= 0.6 is 34.5 Å². The highest BCUT2D eigenvalue weighted by Crippen LogP contribution is 2.26. The summed E-state index contributed by atoms with van der Waals surface area (Å²) in [5.74, 6) is -0.362. The molecule has 104 valence electrons. The second-order valence-electron chi connectivity index (χ2n) is 3.95.